The van der Waals surface area contributed by atoms with E-state index < -0.39 is 34.2 Å². The minimum absolute atomic E-state index is 0.0269. The number of aliphatic hydroxyl groups is 2. The summed E-state index contributed by atoms with van der Waals surface area (Å²) < 4.78 is 18.5. The molecule has 4 aliphatic heterocycles. The topological polar surface area (TPSA) is 156 Å². The number of methoxy groups -OCH3 is 1. The number of phenols is 2. The van der Waals surface area contributed by atoms with Crippen LogP contribution in [-0.4, -0.2) is 147 Å². The number of hydrogen-bond donors (Lipinski definition) is 4. The third-order valence-corrected chi connectivity index (χ3v) is 20.0. The molecule has 392 valence electrons. The molecule has 2 saturated heterocycles. The Morgan fingerprint density at radius 1 is 0.720 bits per heavy atom. The third-order valence-electron chi connectivity index (χ3n) is 20.0. The summed E-state index contributed by atoms with van der Waals surface area (Å²) in [7, 11) is 5.26. The molecule has 6 aliphatic carbocycles. The van der Waals surface area contributed by atoms with Crippen LogP contribution in [0.1, 0.15) is 103 Å². The molecule has 0 radical (unpaired) electrons. The summed E-state index contributed by atoms with van der Waals surface area (Å²) in [5, 5.41) is 46.9. The minimum atomic E-state index is -0.954. The van der Waals surface area contributed by atoms with Crippen LogP contribution in [0.4, 0.5) is 0 Å². The van der Waals surface area contributed by atoms with E-state index >= 15 is 0 Å². The molecular weight excluding hydrogens is 945 g/mol. The highest BCUT2D eigenvalue weighted by Gasteiger charge is 2.75. The second-order valence-corrected chi connectivity index (χ2v) is 23.9. The van der Waals surface area contributed by atoms with Crippen molar-refractivity contribution in [2.24, 2.45) is 11.8 Å². The molecule has 13 nitrogen and oxygen atoms in total. The minimum Gasteiger partial charge on any atom is -0.504 e. The molecule has 4 heterocycles. The molecule has 13 heteroatoms. The highest BCUT2D eigenvalue weighted by molar-refractivity contribution is 5.94. The largest absolute Gasteiger partial charge is 0.504 e. The number of benzene rings is 4. The Kier molecular flexibility index (Phi) is 11.5. The molecule has 6 fully saturated rings. The summed E-state index contributed by atoms with van der Waals surface area (Å²) in [5.74, 6) is 8.99. The molecule has 4 saturated carbocycles. The normalized spacial score (nSPS) is 33.1. The summed E-state index contributed by atoms with van der Waals surface area (Å²) >= 11 is 0. The first-order valence-corrected chi connectivity index (χ1v) is 27.6. The molecule has 14 rings (SSSR count). The van der Waals surface area contributed by atoms with E-state index in [2.05, 4.69) is 21.6 Å². The molecule has 75 heavy (non-hydrogen) atoms. The van der Waals surface area contributed by atoms with Crippen LogP contribution in [0.15, 0.2) is 78.9 Å². The molecule has 0 aromatic heterocycles. The van der Waals surface area contributed by atoms with Gasteiger partial charge in [0.2, 0.25) is 5.91 Å². The average Bonchev–Trinajstić information content (AvgIpc) is 4.43. The number of aryl methyl sites for hydroxylation is 1. The van der Waals surface area contributed by atoms with Gasteiger partial charge in [-0.3, -0.25) is 19.4 Å². The summed E-state index contributed by atoms with van der Waals surface area (Å²) in [6, 6.07) is 22.5. The monoisotopic (exact) mass is 1010 g/mol. The number of carbonyl (C=O) groups is 2. The van der Waals surface area contributed by atoms with E-state index in [1.165, 1.54) is 36.8 Å². The first-order chi connectivity index (χ1) is 36.2. The highest BCUT2D eigenvalue weighted by atomic mass is 16.5. The standard InChI is InChI=1S/C31H36N2O5.C31H34N2O4/c1-32(26(35)11-8-19-4-3-5-22(16-19)37-2)23-12-13-31(36)25-17-21-9-10-24(34)28-27(21)30(31,29(23)38-28)14-15-33(25)18-20-6-7-20;1-19-4-3-5-20(16-19)8-11-26(35)32(2)23-12-13-31(36)25-17-22-9-10-24(34)28-27(22)30(31,29(23)37-28)14-15-33(25)18-21-6-7-21/h3-5,8-11,16,20,23,25,29,34,36H,6-7,12-15,17-18H2,1-2H3;3-5,9-10,16,21,23,25,29,34,36H,6-7,12-15,17-18H2,1-2H3/b11-8+;/t23?,25-,29?,30+,31?;23-,25-,29+,30+,31-/m11/s1. The van der Waals surface area contributed by atoms with Crippen molar-refractivity contribution >= 4 is 17.9 Å². The fourth-order valence-electron chi connectivity index (χ4n) is 16.0. The van der Waals surface area contributed by atoms with E-state index in [1.807, 2.05) is 74.6 Å². The van der Waals surface area contributed by atoms with Gasteiger partial charge in [0.25, 0.3) is 5.91 Å². The van der Waals surface area contributed by atoms with E-state index in [9.17, 15) is 30.0 Å². The van der Waals surface area contributed by atoms with Gasteiger partial charge in [-0.15, -0.1) is 0 Å². The summed E-state index contributed by atoms with van der Waals surface area (Å²) in [6.07, 6.45) is 13.3. The van der Waals surface area contributed by atoms with Gasteiger partial charge in [-0.1, -0.05) is 42.3 Å². The van der Waals surface area contributed by atoms with E-state index in [0.717, 1.165) is 97.3 Å². The third kappa shape index (κ3) is 7.39. The summed E-state index contributed by atoms with van der Waals surface area (Å²) in [4.78, 5) is 35.3. The SMILES string of the molecule is COc1cccc(/C=C/C(=O)N(C)C2CCC3(O)[C@H]4Cc5ccc(O)c6c5[C@@]3(CCN4CC3CC3)C2O6)c1.Cc1cccc(C#CC(=O)N(C)[C@@H]2CC[C@@]3(O)[C@H]4Cc5ccc(O)c6c5[C@@]3(CCN4CC3CC3)[C@H]2O6)c1. The van der Waals surface area contributed by atoms with Gasteiger partial charge in [0.15, 0.2) is 23.0 Å². The van der Waals surface area contributed by atoms with Gasteiger partial charge in [0.1, 0.15) is 18.0 Å². The summed E-state index contributed by atoms with van der Waals surface area (Å²) in [6.45, 7) is 5.90. The number of likely N-dealkylation sites (tertiary alicyclic amines) is 2. The number of rotatable bonds is 9. The molecule has 3 unspecified atom stereocenters. The number of hydrogen-bond acceptors (Lipinski definition) is 11. The second-order valence-electron chi connectivity index (χ2n) is 23.9. The van der Waals surface area contributed by atoms with Crippen molar-refractivity contribution in [3.63, 3.8) is 0 Å². The van der Waals surface area contributed by atoms with E-state index in [-0.39, 0.29) is 47.5 Å². The maximum Gasteiger partial charge on any atom is 0.298 e. The molecule has 10 aliphatic rings. The number of amides is 2. The van der Waals surface area contributed by atoms with E-state index in [0.29, 0.717) is 37.2 Å². The predicted molar refractivity (Wildman–Crippen MR) is 283 cm³/mol. The quantitative estimate of drug-likeness (QED) is 0.105. The lowest BCUT2D eigenvalue weighted by atomic mass is 9.48. The first kappa shape index (κ1) is 48.6. The number of likely N-dealkylation sites (N-methyl/N-ethyl adjacent to an activating group) is 2. The molecule has 10 atom stereocenters. The van der Waals surface area contributed by atoms with Gasteiger partial charge in [0.05, 0.1) is 41.2 Å². The van der Waals surface area contributed by atoms with Gasteiger partial charge in [0, 0.05) is 68.0 Å². The zero-order valence-corrected chi connectivity index (χ0v) is 43.6. The Labute approximate surface area is 440 Å². The van der Waals surface area contributed by atoms with Crippen LogP contribution in [0.25, 0.3) is 6.08 Å². The highest BCUT2D eigenvalue weighted by Crippen LogP contribution is 2.68. The van der Waals surface area contributed by atoms with E-state index in [4.69, 9.17) is 14.2 Å². The Bertz CT molecular complexity index is 3090. The number of piperidine rings is 2. The molecule has 4 aromatic rings. The van der Waals surface area contributed by atoms with Crippen molar-refractivity contribution < 1.29 is 44.2 Å². The fraction of sp³-hybridized carbons (Fsp3) is 0.516. The van der Waals surface area contributed by atoms with Crippen molar-refractivity contribution in [1.29, 1.82) is 0 Å². The van der Waals surface area contributed by atoms with Crippen LogP contribution < -0.4 is 14.2 Å². The first-order valence-electron chi connectivity index (χ1n) is 27.6. The lowest BCUT2D eigenvalue weighted by molar-refractivity contribution is -0.200. The molecular formula is C62H70N4O9. The van der Waals surface area contributed by atoms with Crippen LogP contribution in [0.5, 0.6) is 28.7 Å². The fourth-order valence-corrected chi connectivity index (χ4v) is 16.0. The van der Waals surface area contributed by atoms with Crippen LogP contribution in [0, 0.1) is 30.6 Å². The van der Waals surface area contributed by atoms with Gasteiger partial charge in [-0.05, 0) is 174 Å². The lowest BCUT2D eigenvalue weighted by Crippen LogP contribution is -2.78. The maximum absolute atomic E-state index is 13.4. The summed E-state index contributed by atoms with van der Waals surface area (Å²) in [5.41, 5.74) is 3.94. The number of phenolic OH excluding ortho intramolecular Hbond substituents is 2. The van der Waals surface area contributed by atoms with Crippen LogP contribution in [0.3, 0.4) is 0 Å². The van der Waals surface area contributed by atoms with Crippen LogP contribution in [0.2, 0.25) is 0 Å². The smallest absolute Gasteiger partial charge is 0.298 e. The van der Waals surface area contributed by atoms with Crippen molar-refractivity contribution in [3.05, 3.63) is 118 Å². The van der Waals surface area contributed by atoms with Crippen LogP contribution >= 0.6 is 0 Å². The van der Waals surface area contributed by atoms with Gasteiger partial charge in [-0.2, -0.15) is 0 Å². The molecule has 2 amide bonds. The Hall–Kier alpha value is -6.04. The molecule has 4 bridgehead atoms. The number of ether oxygens (including phenoxy) is 3. The molecule has 4 aromatic carbocycles. The Morgan fingerprint density at radius 3 is 1.80 bits per heavy atom. The molecule has 4 N–H and O–H groups in total. The second kappa shape index (κ2) is 17.8. The van der Waals surface area contributed by atoms with Crippen molar-refractivity contribution in [2.75, 3.05) is 47.4 Å². The van der Waals surface area contributed by atoms with Gasteiger partial charge >= 0.3 is 0 Å². The van der Waals surface area contributed by atoms with Gasteiger partial charge in [-0.25, -0.2) is 0 Å². The van der Waals surface area contributed by atoms with Crippen molar-refractivity contribution in [1.82, 2.24) is 19.6 Å². The van der Waals surface area contributed by atoms with Gasteiger partial charge < -0.3 is 44.4 Å². The predicted octanol–water partition coefficient (Wildman–Crippen LogP) is 6.65. The average molecular weight is 1020 g/mol. The van der Waals surface area contributed by atoms with Crippen molar-refractivity contribution in [2.45, 2.75) is 142 Å². The lowest BCUT2D eigenvalue weighted by Gasteiger charge is -2.64. The zero-order valence-electron chi connectivity index (χ0n) is 43.6. The van der Waals surface area contributed by atoms with Crippen molar-refractivity contribution in [3.8, 4) is 40.6 Å². The number of aromatic hydroxyl groups is 2. The molecule has 2 spiro atoms. The Balaban J connectivity index is 0.000000144. The van der Waals surface area contributed by atoms with Crippen LogP contribution in [-0.2, 0) is 33.3 Å². The number of nitrogens with zero attached hydrogens (tertiary/aromatic N) is 4. The number of carbonyl (C=O) groups excluding carboxylic acids is 2. The Morgan fingerprint density at radius 2 is 1.27 bits per heavy atom. The maximum atomic E-state index is 13.4. The zero-order chi connectivity index (χ0) is 51.8. The van der Waals surface area contributed by atoms with E-state index in [1.54, 1.807) is 48.2 Å².